The van der Waals surface area contributed by atoms with E-state index in [1.165, 1.54) is 24.7 Å². The minimum Gasteiger partial charge on any atom is -0.438 e. The van der Waals surface area contributed by atoms with Crippen molar-refractivity contribution in [3.8, 4) is 11.6 Å². The van der Waals surface area contributed by atoms with Crippen molar-refractivity contribution in [3.63, 3.8) is 0 Å². The highest BCUT2D eigenvalue weighted by atomic mass is 32.1. The van der Waals surface area contributed by atoms with E-state index in [0.29, 0.717) is 17.3 Å². The zero-order valence-electron chi connectivity index (χ0n) is 21.7. The van der Waals surface area contributed by atoms with Gasteiger partial charge >= 0.3 is 0 Å². The number of hydrogen-bond donors (Lipinski definition) is 2. The van der Waals surface area contributed by atoms with Crippen molar-refractivity contribution in [2.75, 3.05) is 49.9 Å². The number of hydrogen-bond acceptors (Lipinski definition) is 7. The number of pyridine rings is 1. The van der Waals surface area contributed by atoms with Crippen LogP contribution in [0.25, 0.3) is 10.1 Å². The van der Waals surface area contributed by atoms with Crippen molar-refractivity contribution in [1.82, 2.24) is 14.8 Å². The topological polar surface area (TPSA) is 69.7 Å². The van der Waals surface area contributed by atoms with Gasteiger partial charge in [0.15, 0.2) is 0 Å². The smallest absolute Gasteiger partial charge is 0.247 e. The van der Waals surface area contributed by atoms with Crippen LogP contribution < -0.4 is 15.4 Å². The average Bonchev–Trinajstić information content (AvgIpc) is 3.36. The van der Waals surface area contributed by atoms with Crippen LogP contribution in [0.4, 0.5) is 16.4 Å². The SMILES string of the molecule is C=CC(=O)Nc1cccc(Oc2nccc3sc(Nc4ccc(CCN5CCN(CC)CC5)cc4)cc23)c1. The molecule has 0 unspecified atom stereocenters. The molecule has 0 atom stereocenters. The van der Waals surface area contributed by atoms with Gasteiger partial charge in [0.25, 0.3) is 0 Å². The van der Waals surface area contributed by atoms with Gasteiger partial charge < -0.3 is 25.2 Å². The van der Waals surface area contributed by atoms with Crippen molar-refractivity contribution in [3.05, 3.63) is 85.1 Å². The molecule has 7 nitrogen and oxygen atoms in total. The second-order valence-electron chi connectivity index (χ2n) is 9.31. The third-order valence-corrected chi connectivity index (χ3v) is 7.78. The molecular formula is C30H33N5O2S. The Balaban J connectivity index is 1.21. The van der Waals surface area contributed by atoms with Gasteiger partial charge in [0, 0.05) is 61.1 Å². The molecule has 0 saturated carbocycles. The lowest BCUT2D eigenvalue weighted by atomic mass is 10.1. The van der Waals surface area contributed by atoms with E-state index in [9.17, 15) is 4.79 Å². The summed E-state index contributed by atoms with van der Waals surface area (Å²) in [6, 6.07) is 20.0. The van der Waals surface area contributed by atoms with Crippen LogP contribution in [-0.2, 0) is 11.2 Å². The van der Waals surface area contributed by atoms with Crippen LogP contribution in [-0.4, -0.2) is 60.0 Å². The summed E-state index contributed by atoms with van der Waals surface area (Å²) < 4.78 is 7.18. The van der Waals surface area contributed by atoms with E-state index in [1.54, 1.807) is 29.7 Å². The number of amides is 1. The van der Waals surface area contributed by atoms with Crippen LogP contribution in [0.2, 0.25) is 0 Å². The molecule has 3 heterocycles. The normalized spacial score (nSPS) is 14.3. The minimum atomic E-state index is -0.269. The van der Waals surface area contributed by atoms with E-state index in [1.807, 2.05) is 18.2 Å². The Labute approximate surface area is 227 Å². The summed E-state index contributed by atoms with van der Waals surface area (Å²) >= 11 is 1.66. The molecule has 2 aromatic carbocycles. The van der Waals surface area contributed by atoms with Gasteiger partial charge in [0.05, 0.1) is 10.4 Å². The largest absolute Gasteiger partial charge is 0.438 e. The third-order valence-electron chi connectivity index (χ3n) is 6.76. The second-order valence-corrected chi connectivity index (χ2v) is 10.4. The Bertz CT molecular complexity index is 1390. The number of nitrogens with one attached hydrogen (secondary N) is 2. The molecule has 1 amide bonds. The number of anilines is 3. The number of thiophene rings is 1. The summed E-state index contributed by atoms with van der Waals surface area (Å²) in [5.41, 5.74) is 3.05. The van der Waals surface area contributed by atoms with Gasteiger partial charge in [-0.05, 0) is 61.0 Å². The fourth-order valence-corrected chi connectivity index (χ4v) is 5.50. The molecule has 1 saturated heterocycles. The lowest BCUT2D eigenvalue weighted by molar-refractivity contribution is -0.111. The Morgan fingerprint density at radius 1 is 1.05 bits per heavy atom. The zero-order valence-corrected chi connectivity index (χ0v) is 22.5. The van der Waals surface area contributed by atoms with E-state index in [2.05, 4.69) is 69.3 Å². The first kappa shape index (κ1) is 25.9. The first-order valence-electron chi connectivity index (χ1n) is 13.0. The van der Waals surface area contributed by atoms with Crippen LogP contribution >= 0.6 is 11.3 Å². The molecule has 4 aromatic rings. The minimum absolute atomic E-state index is 0.269. The molecule has 38 heavy (non-hydrogen) atoms. The number of rotatable bonds is 10. The van der Waals surface area contributed by atoms with Crippen molar-refractivity contribution in [2.24, 2.45) is 0 Å². The van der Waals surface area contributed by atoms with Gasteiger partial charge in [-0.15, -0.1) is 11.3 Å². The standard InChI is InChI=1S/C30H33N5O2S/c1-3-28(36)32-24-6-5-7-25(20-24)37-30-26-21-29(38-27(26)12-14-31-30)33-23-10-8-22(9-11-23)13-15-35-18-16-34(4-2)17-19-35/h3,5-12,14,20-21,33H,1,4,13,15-19H2,2H3,(H,32,36). The summed E-state index contributed by atoms with van der Waals surface area (Å²) in [6.45, 7) is 12.7. The van der Waals surface area contributed by atoms with E-state index < -0.39 is 0 Å². The quantitative estimate of drug-likeness (QED) is 0.242. The number of nitrogens with zero attached hydrogens (tertiary/aromatic N) is 3. The van der Waals surface area contributed by atoms with Gasteiger partial charge in [0.1, 0.15) is 5.75 Å². The highest BCUT2D eigenvalue weighted by Gasteiger charge is 2.15. The van der Waals surface area contributed by atoms with Crippen LogP contribution in [0.15, 0.2) is 79.5 Å². The molecule has 0 aliphatic carbocycles. The first-order valence-corrected chi connectivity index (χ1v) is 13.8. The lowest BCUT2D eigenvalue weighted by Crippen LogP contribution is -2.46. The predicted molar refractivity (Wildman–Crippen MR) is 157 cm³/mol. The number of aromatic nitrogens is 1. The Morgan fingerprint density at radius 3 is 2.61 bits per heavy atom. The number of carbonyl (C=O) groups is 1. The average molecular weight is 528 g/mol. The van der Waals surface area contributed by atoms with E-state index in [0.717, 1.165) is 53.4 Å². The molecule has 196 valence electrons. The van der Waals surface area contributed by atoms with Crippen LogP contribution in [0, 0.1) is 0 Å². The Morgan fingerprint density at radius 2 is 1.84 bits per heavy atom. The summed E-state index contributed by atoms with van der Waals surface area (Å²) in [7, 11) is 0. The number of fused-ring (bicyclic) bond motifs is 1. The van der Waals surface area contributed by atoms with Gasteiger partial charge in [-0.2, -0.15) is 0 Å². The fourth-order valence-electron chi connectivity index (χ4n) is 4.54. The molecule has 1 fully saturated rings. The molecule has 2 aromatic heterocycles. The Hall–Kier alpha value is -3.72. The number of likely N-dealkylation sites (N-methyl/N-ethyl adjacent to an activating group) is 1. The summed E-state index contributed by atoms with van der Waals surface area (Å²) in [5.74, 6) is 0.846. The highest BCUT2D eigenvalue weighted by Crippen LogP contribution is 2.37. The van der Waals surface area contributed by atoms with E-state index >= 15 is 0 Å². The zero-order chi connectivity index (χ0) is 26.3. The van der Waals surface area contributed by atoms with Crippen LogP contribution in [0.1, 0.15) is 12.5 Å². The fraction of sp³-hybridized carbons (Fsp3) is 0.267. The van der Waals surface area contributed by atoms with Crippen molar-refractivity contribution in [1.29, 1.82) is 0 Å². The van der Waals surface area contributed by atoms with Crippen molar-refractivity contribution >= 4 is 43.7 Å². The first-order chi connectivity index (χ1) is 18.6. The molecule has 0 bridgehead atoms. The monoisotopic (exact) mass is 527 g/mol. The van der Waals surface area contributed by atoms with Crippen molar-refractivity contribution in [2.45, 2.75) is 13.3 Å². The van der Waals surface area contributed by atoms with Crippen LogP contribution in [0.5, 0.6) is 11.6 Å². The Kier molecular flexibility index (Phi) is 8.33. The molecular weight excluding hydrogens is 494 g/mol. The van der Waals surface area contributed by atoms with Gasteiger partial charge in [0.2, 0.25) is 11.8 Å². The van der Waals surface area contributed by atoms with E-state index in [-0.39, 0.29) is 5.91 Å². The highest BCUT2D eigenvalue weighted by molar-refractivity contribution is 7.22. The maximum Gasteiger partial charge on any atom is 0.247 e. The number of carbonyl (C=O) groups excluding carboxylic acids is 1. The number of piperazine rings is 1. The van der Waals surface area contributed by atoms with E-state index in [4.69, 9.17) is 4.74 Å². The number of benzene rings is 2. The molecule has 8 heteroatoms. The van der Waals surface area contributed by atoms with Gasteiger partial charge in [-0.3, -0.25) is 4.79 Å². The lowest BCUT2D eigenvalue weighted by Gasteiger charge is -2.34. The van der Waals surface area contributed by atoms with Crippen LogP contribution in [0.3, 0.4) is 0 Å². The molecule has 0 spiro atoms. The van der Waals surface area contributed by atoms with Gasteiger partial charge in [-0.25, -0.2) is 4.98 Å². The van der Waals surface area contributed by atoms with Gasteiger partial charge in [-0.1, -0.05) is 31.7 Å². The molecule has 0 radical (unpaired) electrons. The molecule has 2 N–H and O–H groups in total. The molecule has 1 aliphatic heterocycles. The summed E-state index contributed by atoms with van der Waals surface area (Å²) in [6.07, 6.45) is 4.05. The second kappa shape index (κ2) is 12.2. The maximum absolute atomic E-state index is 11.6. The third kappa shape index (κ3) is 6.58. The summed E-state index contributed by atoms with van der Waals surface area (Å²) in [4.78, 5) is 21.2. The van der Waals surface area contributed by atoms with Crippen molar-refractivity contribution < 1.29 is 9.53 Å². The number of ether oxygens (including phenoxy) is 1. The molecule has 5 rings (SSSR count). The maximum atomic E-state index is 11.6. The summed E-state index contributed by atoms with van der Waals surface area (Å²) in [5, 5.41) is 8.23. The molecule has 1 aliphatic rings. The predicted octanol–water partition coefficient (Wildman–Crippen LogP) is 6.14.